The van der Waals surface area contributed by atoms with Gasteiger partial charge in [-0.1, -0.05) is 42.7 Å². The highest BCUT2D eigenvalue weighted by molar-refractivity contribution is 5.74. The maximum Gasteiger partial charge on any atom is 0.315 e. The summed E-state index contributed by atoms with van der Waals surface area (Å²) in [5.74, 6) is 1.02. The van der Waals surface area contributed by atoms with Crippen molar-refractivity contribution in [3.8, 4) is 0 Å². The largest absolute Gasteiger partial charge is 0.365 e. The van der Waals surface area contributed by atoms with Gasteiger partial charge in [-0.05, 0) is 36.4 Å². The minimum absolute atomic E-state index is 0.0430. The highest BCUT2D eigenvalue weighted by atomic mass is 16.5. The highest BCUT2D eigenvalue weighted by Gasteiger charge is 2.27. The monoisotopic (exact) mass is 343 g/mol. The Kier molecular flexibility index (Phi) is 5.53. The third kappa shape index (κ3) is 4.71. The third-order valence-electron chi connectivity index (χ3n) is 4.67. The van der Waals surface area contributed by atoms with E-state index in [0.717, 1.165) is 12.8 Å². The first-order valence-corrected chi connectivity index (χ1v) is 8.81. The Morgan fingerprint density at radius 2 is 2.20 bits per heavy atom. The summed E-state index contributed by atoms with van der Waals surface area (Å²) in [6.07, 6.45) is 5.22. The maximum absolute atomic E-state index is 12.4. The molecule has 2 amide bonds. The molecule has 3 rings (SSSR count). The molecule has 7 heteroatoms. The van der Waals surface area contributed by atoms with Gasteiger partial charge in [0.2, 0.25) is 5.89 Å². The average Bonchev–Trinajstić information content (AvgIpc) is 3.24. The van der Waals surface area contributed by atoms with Crippen molar-refractivity contribution in [2.45, 2.75) is 45.1 Å². The number of nitrogens with two attached hydrogens (primary N) is 1. The van der Waals surface area contributed by atoms with Crippen molar-refractivity contribution in [1.82, 2.24) is 20.8 Å². The normalized spacial score (nSPS) is 15.9. The molecule has 7 nitrogen and oxygen atoms in total. The van der Waals surface area contributed by atoms with Crippen molar-refractivity contribution in [2.24, 2.45) is 5.92 Å². The maximum atomic E-state index is 12.4. The minimum atomic E-state index is -0.175. The number of urea groups is 1. The van der Waals surface area contributed by atoms with Gasteiger partial charge < -0.3 is 20.9 Å². The Balaban J connectivity index is 1.58. The molecule has 0 aliphatic heterocycles. The van der Waals surface area contributed by atoms with Gasteiger partial charge in [0.25, 0.3) is 5.95 Å². The van der Waals surface area contributed by atoms with Crippen molar-refractivity contribution in [1.29, 1.82) is 0 Å². The number of aromatic nitrogens is 2. The fourth-order valence-corrected chi connectivity index (χ4v) is 3.47. The van der Waals surface area contributed by atoms with Crippen molar-refractivity contribution in [3.63, 3.8) is 0 Å². The predicted octanol–water partition coefficient (Wildman–Crippen LogP) is 2.73. The van der Waals surface area contributed by atoms with Crippen molar-refractivity contribution < 1.29 is 9.32 Å². The number of hydrogen-bond acceptors (Lipinski definition) is 5. The number of benzene rings is 1. The Bertz CT molecular complexity index is 709. The van der Waals surface area contributed by atoms with Gasteiger partial charge in [-0.2, -0.15) is 4.98 Å². The Morgan fingerprint density at radius 1 is 1.40 bits per heavy atom. The van der Waals surface area contributed by atoms with E-state index in [1.54, 1.807) is 0 Å². The fraction of sp³-hybridized carbons (Fsp3) is 0.500. The van der Waals surface area contributed by atoms with E-state index in [2.05, 4.69) is 45.9 Å². The Hall–Kier alpha value is -2.57. The summed E-state index contributed by atoms with van der Waals surface area (Å²) in [7, 11) is 0. The summed E-state index contributed by atoms with van der Waals surface area (Å²) < 4.78 is 4.93. The summed E-state index contributed by atoms with van der Waals surface area (Å²) in [6, 6.07) is 8.24. The van der Waals surface area contributed by atoms with Crippen LogP contribution in [0.1, 0.15) is 48.7 Å². The van der Waals surface area contributed by atoms with E-state index in [-0.39, 0.29) is 18.0 Å². The Labute approximate surface area is 147 Å². The van der Waals surface area contributed by atoms with Gasteiger partial charge in [0.1, 0.15) is 0 Å². The SMILES string of the molecule is Cc1cccc(C(NC(=O)NCCc2nc(N)no2)C2CCCC2)c1. The summed E-state index contributed by atoms with van der Waals surface area (Å²) in [4.78, 5) is 16.3. The van der Waals surface area contributed by atoms with E-state index in [1.165, 1.54) is 24.0 Å². The molecule has 1 aromatic carbocycles. The number of nitrogens with zero attached hydrogens (tertiary/aromatic N) is 2. The number of amides is 2. The molecule has 2 aromatic rings. The number of nitrogens with one attached hydrogen (secondary N) is 2. The average molecular weight is 343 g/mol. The van der Waals surface area contributed by atoms with Gasteiger partial charge in [-0.3, -0.25) is 0 Å². The number of carbonyl (C=O) groups excluding carboxylic acids is 1. The molecule has 25 heavy (non-hydrogen) atoms. The van der Waals surface area contributed by atoms with Crippen LogP contribution in [0.15, 0.2) is 28.8 Å². The standard InChI is InChI=1S/C18H25N5O2/c1-12-5-4-8-14(11-12)16(13-6-2-3-7-13)22-18(24)20-10-9-15-21-17(19)23-25-15/h4-5,8,11,13,16H,2-3,6-7,9-10H2,1H3,(H2,19,23)(H2,20,22,24). The van der Waals surface area contributed by atoms with Crippen LogP contribution in [0.4, 0.5) is 10.7 Å². The predicted molar refractivity (Wildman–Crippen MR) is 94.8 cm³/mol. The van der Waals surface area contributed by atoms with Gasteiger partial charge in [0.15, 0.2) is 0 Å². The minimum Gasteiger partial charge on any atom is -0.365 e. The lowest BCUT2D eigenvalue weighted by Crippen LogP contribution is -2.41. The third-order valence-corrected chi connectivity index (χ3v) is 4.67. The molecule has 1 saturated carbocycles. The number of anilines is 1. The molecule has 4 N–H and O–H groups in total. The van der Waals surface area contributed by atoms with E-state index in [4.69, 9.17) is 10.3 Å². The van der Waals surface area contributed by atoms with Crippen LogP contribution in [0.2, 0.25) is 0 Å². The summed E-state index contributed by atoms with van der Waals surface area (Å²) >= 11 is 0. The van der Waals surface area contributed by atoms with E-state index >= 15 is 0 Å². The number of nitrogen functional groups attached to an aromatic ring is 1. The van der Waals surface area contributed by atoms with E-state index in [1.807, 2.05) is 6.07 Å². The molecule has 0 bridgehead atoms. The molecule has 0 radical (unpaired) electrons. The molecule has 1 unspecified atom stereocenters. The van der Waals surface area contributed by atoms with Gasteiger partial charge >= 0.3 is 6.03 Å². The van der Waals surface area contributed by atoms with Crippen LogP contribution < -0.4 is 16.4 Å². The van der Waals surface area contributed by atoms with E-state index in [9.17, 15) is 4.79 Å². The zero-order chi connectivity index (χ0) is 17.6. The zero-order valence-electron chi connectivity index (χ0n) is 14.5. The van der Waals surface area contributed by atoms with Gasteiger partial charge in [-0.15, -0.1) is 0 Å². The molecule has 134 valence electrons. The van der Waals surface area contributed by atoms with Crippen LogP contribution >= 0.6 is 0 Å². The summed E-state index contributed by atoms with van der Waals surface area (Å²) in [6.45, 7) is 2.49. The van der Waals surface area contributed by atoms with Crippen LogP contribution in [-0.2, 0) is 6.42 Å². The molecular weight excluding hydrogens is 318 g/mol. The molecule has 1 fully saturated rings. The molecule has 1 aromatic heterocycles. The lowest BCUT2D eigenvalue weighted by Gasteiger charge is -2.25. The smallest absolute Gasteiger partial charge is 0.315 e. The number of carbonyl (C=O) groups is 1. The molecule has 1 atom stereocenters. The first-order chi connectivity index (χ1) is 12.1. The Morgan fingerprint density at radius 3 is 2.88 bits per heavy atom. The quantitative estimate of drug-likeness (QED) is 0.748. The summed E-state index contributed by atoms with van der Waals surface area (Å²) in [5, 5.41) is 9.54. The molecule has 1 aliphatic rings. The first kappa shape index (κ1) is 17.3. The molecule has 1 aliphatic carbocycles. The molecule has 1 heterocycles. The van der Waals surface area contributed by atoms with Crippen LogP contribution in [0.25, 0.3) is 0 Å². The second-order valence-corrected chi connectivity index (χ2v) is 6.63. The number of rotatable bonds is 6. The molecule has 0 saturated heterocycles. The topological polar surface area (TPSA) is 106 Å². The van der Waals surface area contributed by atoms with Crippen molar-refractivity contribution in [3.05, 3.63) is 41.3 Å². The zero-order valence-corrected chi connectivity index (χ0v) is 14.5. The molecular formula is C18H25N5O2. The first-order valence-electron chi connectivity index (χ1n) is 8.81. The number of aryl methyl sites for hydroxylation is 1. The van der Waals surface area contributed by atoms with Crippen molar-refractivity contribution in [2.75, 3.05) is 12.3 Å². The van der Waals surface area contributed by atoms with E-state index < -0.39 is 0 Å². The van der Waals surface area contributed by atoms with E-state index in [0.29, 0.717) is 24.8 Å². The molecule has 0 spiro atoms. The van der Waals surface area contributed by atoms with Crippen LogP contribution in [0.5, 0.6) is 0 Å². The fourth-order valence-electron chi connectivity index (χ4n) is 3.47. The lowest BCUT2D eigenvalue weighted by molar-refractivity contribution is 0.231. The van der Waals surface area contributed by atoms with Crippen LogP contribution in [-0.4, -0.2) is 22.7 Å². The van der Waals surface area contributed by atoms with Crippen molar-refractivity contribution >= 4 is 12.0 Å². The van der Waals surface area contributed by atoms with Crippen LogP contribution in [0.3, 0.4) is 0 Å². The van der Waals surface area contributed by atoms with Gasteiger partial charge in [-0.25, -0.2) is 4.79 Å². The van der Waals surface area contributed by atoms with Gasteiger partial charge in [0.05, 0.1) is 6.04 Å². The van der Waals surface area contributed by atoms with Gasteiger partial charge in [0, 0.05) is 13.0 Å². The lowest BCUT2D eigenvalue weighted by atomic mass is 9.91. The highest BCUT2D eigenvalue weighted by Crippen LogP contribution is 2.35. The second kappa shape index (κ2) is 8.00. The van der Waals surface area contributed by atoms with Crippen LogP contribution in [0, 0.1) is 12.8 Å². The summed E-state index contributed by atoms with van der Waals surface area (Å²) in [5.41, 5.74) is 7.78. The number of hydrogen-bond donors (Lipinski definition) is 3. The second-order valence-electron chi connectivity index (χ2n) is 6.63.